The number of nitrogens with one attached hydrogen (secondary N) is 2. The minimum atomic E-state index is -4.42. The van der Waals surface area contributed by atoms with Crippen molar-refractivity contribution in [3.05, 3.63) is 89.5 Å². The largest absolute Gasteiger partial charge is 0.416 e. The van der Waals surface area contributed by atoms with Gasteiger partial charge in [-0.05, 0) is 67.1 Å². The molecule has 0 unspecified atom stereocenters. The molecule has 2 N–H and O–H groups in total. The molecular formula is C26H25F3N4O2. The molecule has 0 spiro atoms. The molecule has 1 aliphatic heterocycles. The second-order valence-corrected chi connectivity index (χ2v) is 8.30. The van der Waals surface area contributed by atoms with Crippen molar-refractivity contribution in [3.8, 4) is 0 Å². The Morgan fingerprint density at radius 3 is 1.86 bits per heavy atom. The lowest BCUT2D eigenvalue weighted by Gasteiger charge is -2.36. The molecular weight excluding hydrogens is 457 g/mol. The number of rotatable bonds is 4. The highest BCUT2D eigenvalue weighted by Crippen LogP contribution is 2.30. The van der Waals surface area contributed by atoms with E-state index in [-0.39, 0.29) is 11.6 Å². The second-order valence-electron chi connectivity index (χ2n) is 8.30. The third-order valence-corrected chi connectivity index (χ3v) is 5.90. The second kappa shape index (κ2) is 10.1. The number of carbonyl (C=O) groups is 2. The lowest BCUT2D eigenvalue weighted by Crippen LogP contribution is -2.48. The number of benzene rings is 3. The van der Waals surface area contributed by atoms with Crippen molar-refractivity contribution >= 4 is 29.0 Å². The zero-order valence-electron chi connectivity index (χ0n) is 19.1. The molecule has 4 rings (SSSR count). The van der Waals surface area contributed by atoms with Gasteiger partial charge in [0.25, 0.3) is 5.91 Å². The smallest absolute Gasteiger partial charge is 0.368 e. The Morgan fingerprint density at radius 1 is 0.771 bits per heavy atom. The van der Waals surface area contributed by atoms with Crippen molar-refractivity contribution in [2.75, 3.05) is 41.7 Å². The van der Waals surface area contributed by atoms with Crippen LogP contribution in [0, 0.1) is 6.92 Å². The topological polar surface area (TPSA) is 64.7 Å². The quantitative estimate of drug-likeness (QED) is 0.507. The van der Waals surface area contributed by atoms with Crippen LogP contribution in [-0.4, -0.2) is 43.0 Å². The Labute approximate surface area is 201 Å². The third-order valence-electron chi connectivity index (χ3n) is 5.90. The number of amides is 3. The average Bonchev–Trinajstić information content (AvgIpc) is 2.84. The van der Waals surface area contributed by atoms with Crippen LogP contribution in [-0.2, 0) is 6.18 Å². The van der Waals surface area contributed by atoms with Crippen LogP contribution in [0.4, 0.5) is 35.0 Å². The van der Waals surface area contributed by atoms with Gasteiger partial charge < -0.3 is 20.4 Å². The standard InChI is InChI=1S/C26H25F3N4O2/c1-18-4-2-3-5-23(18)24(34)33-16-14-32(15-17-33)22-12-10-21(11-13-22)31-25(35)30-20-8-6-19(7-9-20)26(27,28)29/h2-13H,14-17H2,1H3,(H2,30,31,35). The van der Waals surface area contributed by atoms with Crippen LogP contribution >= 0.6 is 0 Å². The van der Waals surface area contributed by atoms with Gasteiger partial charge in [-0.1, -0.05) is 18.2 Å². The molecule has 9 heteroatoms. The van der Waals surface area contributed by atoms with Gasteiger partial charge in [0.15, 0.2) is 0 Å². The molecule has 182 valence electrons. The van der Waals surface area contributed by atoms with Crippen molar-refractivity contribution in [1.82, 2.24) is 4.90 Å². The van der Waals surface area contributed by atoms with Gasteiger partial charge in [0.2, 0.25) is 0 Å². The van der Waals surface area contributed by atoms with E-state index in [2.05, 4.69) is 15.5 Å². The highest BCUT2D eigenvalue weighted by Gasteiger charge is 2.30. The van der Waals surface area contributed by atoms with Crippen LogP contribution in [0.5, 0.6) is 0 Å². The van der Waals surface area contributed by atoms with E-state index in [1.165, 1.54) is 12.1 Å². The van der Waals surface area contributed by atoms with Crippen LogP contribution in [0.2, 0.25) is 0 Å². The van der Waals surface area contributed by atoms with Crippen molar-refractivity contribution in [2.24, 2.45) is 0 Å². The molecule has 1 heterocycles. The van der Waals surface area contributed by atoms with Gasteiger partial charge in [0.05, 0.1) is 5.56 Å². The predicted octanol–water partition coefficient (Wildman–Crippen LogP) is 5.62. The number of urea groups is 1. The minimum Gasteiger partial charge on any atom is -0.368 e. The summed E-state index contributed by atoms with van der Waals surface area (Å²) in [5.41, 5.74) is 2.69. The van der Waals surface area contributed by atoms with Crippen LogP contribution < -0.4 is 15.5 Å². The Bertz CT molecular complexity index is 1190. The molecule has 0 saturated carbocycles. The summed E-state index contributed by atoms with van der Waals surface area (Å²) < 4.78 is 38.0. The molecule has 1 aliphatic rings. The number of hydrogen-bond acceptors (Lipinski definition) is 3. The summed E-state index contributed by atoms with van der Waals surface area (Å²) in [4.78, 5) is 29.0. The van der Waals surface area contributed by atoms with Gasteiger partial charge in [-0.15, -0.1) is 0 Å². The maximum Gasteiger partial charge on any atom is 0.416 e. The monoisotopic (exact) mass is 482 g/mol. The summed E-state index contributed by atoms with van der Waals surface area (Å²) in [7, 11) is 0. The van der Waals surface area contributed by atoms with Gasteiger partial charge in [-0.2, -0.15) is 13.2 Å². The molecule has 1 saturated heterocycles. The highest BCUT2D eigenvalue weighted by atomic mass is 19.4. The van der Waals surface area contributed by atoms with E-state index in [1.54, 1.807) is 12.1 Å². The molecule has 0 atom stereocenters. The first-order valence-electron chi connectivity index (χ1n) is 11.2. The first kappa shape index (κ1) is 24.1. The molecule has 0 radical (unpaired) electrons. The summed E-state index contributed by atoms with van der Waals surface area (Å²) in [5, 5.41) is 5.18. The normalized spacial score (nSPS) is 13.9. The van der Waals surface area contributed by atoms with Crippen LogP contribution in [0.25, 0.3) is 0 Å². The molecule has 35 heavy (non-hydrogen) atoms. The summed E-state index contributed by atoms with van der Waals surface area (Å²) in [5.74, 6) is 0.0429. The van der Waals surface area contributed by atoms with Crippen LogP contribution in [0.3, 0.4) is 0 Å². The zero-order chi connectivity index (χ0) is 25.0. The number of halogens is 3. The molecule has 1 fully saturated rings. The SMILES string of the molecule is Cc1ccccc1C(=O)N1CCN(c2ccc(NC(=O)Nc3ccc(C(F)(F)F)cc3)cc2)CC1. The number of nitrogens with zero attached hydrogens (tertiary/aromatic N) is 2. The van der Waals surface area contributed by atoms with Crippen molar-refractivity contribution in [1.29, 1.82) is 0 Å². The van der Waals surface area contributed by atoms with Crippen LogP contribution in [0.15, 0.2) is 72.8 Å². The van der Waals surface area contributed by atoms with Gasteiger partial charge in [-0.3, -0.25) is 4.79 Å². The lowest BCUT2D eigenvalue weighted by atomic mass is 10.1. The fraction of sp³-hybridized carbons (Fsp3) is 0.231. The van der Waals surface area contributed by atoms with E-state index < -0.39 is 17.8 Å². The number of carbonyl (C=O) groups excluding carboxylic acids is 2. The van der Waals surface area contributed by atoms with E-state index in [0.29, 0.717) is 31.9 Å². The van der Waals surface area contributed by atoms with Crippen LogP contribution in [0.1, 0.15) is 21.5 Å². The van der Waals surface area contributed by atoms with Crippen molar-refractivity contribution in [3.63, 3.8) is 0 Å². The van der Waals surface area contributed by atoms with E-state index in [9.17, 15) is 22.8 Å². The third kappa shape index (κ3) is 5.92. The number of piperazine rings is 1. The van der Waals surface area contributed by atoms with E-state index in [4.69, 9.17) is 0 Å². The van der Waals surface area contributed by atoms with Gasteiger partial charge in [0, 0.05) is 48.8 Å². The Kier molecular flexibility index (Phi) is 6.95. The maximum absolute atomic E-state index is 12.8. The molecule has 0 aliphatic carbocycles. The first-order valence-corrected chi connectivity index (χ1v) is 11.2. The highest BCUT2D eigenvalue weighted by molar-refractivity contribution is 5.99. The van der Waals surface area contributed by atoms with Gasteiger partial charge in [-0.25, -0.2) is 4.79 Å². The fourth-order valence-corrected chi connectivity index (χ4v) is 3.94. The maximum atomic E-state index is 12.8. The molecule has 3 aromatic carbocycles. The van der Waals surface area contributed by atoms with Gasteiger partial charge >= 0.3 is 12.2 Å². The Hall–Kier alpha value is -4.01. The molecule has 0 bridgehead atoms. The average molecular weight is 483 g/mol. The molecule has 3 aromatic rings. The summed E-state index contributed by atoms with van der Waals surface area (Å²) >= 11 is 0. The number of alkyl halides is 3. The summed E-state index contributed by atoms with van der Waals surface area (Å²) in [6, 6.07) is 18.5. The fourth-order valence-electron chi connectivity index (χ4n) is 3.94. The van der Waals surface area contributed by atoms with Crippen molar-refractivity contribution < 1.29 is 22.8 Å². The summed E-state index contributed by atoms with van der Waals surface area (Å²) in [6.07, 6.45) is -4.42. The van der Waals surface area contributed by atoms with Crippen molar-refractivity contribution in [2.45, 2.75) is 13.1 Å². The molecule has 3 amide bonds. The predicted molar refractivity (Wildman–Crippen MR) is 130 cm³/mol. The Balaban J connectivity index is 1.29. The number of hydrogen-bond donors (Lipinski definition) is 2. The summed E-state index contributed by atoms with van der Waals surface area (Å²) in [6.45, 7) is 4.55. The zero-order valence-corrected chi connectivity index (χ0v) is 19.1. The van der Waals surface area contributed by atoms with E-state index in [0.717, 1.165) is 28.9 Å². The van der Waals surface area contributed by atoms with Gasteiger partial charge in [0.1, 0.15) is 0 Å². The Morgan fingerprint density at radius 2 is 1.31 bits per heavy atom. The number of aryl methyl sites for hydroxylation is 1. The van der Waals surface area contributed by atoms with E-state index in [1.807, 2.05) is 48.2 Å². The van der Waals surface area contributed by atoms with E-state index >= 15 is 0 Å². The molecule has 6 nitrogen and oxygen atoms in total. The molecule has 0 aromatic heterocycles. The first-order chi connectivity index (χ1) is 16.7. The lowest BCUT2D eigenvalue weighted by molar-refractivity contribution is -0.137. The number of anilines is 3. The minimum absolute atomic E-state index is 0.0429.